The summed E-state index contributed by atoms with van der Waals surface area (Å²) in [5.74, 6) is -0.0711. The Morgan fingerprint density at radius 2 is 1.94 bits per heavy atom. The van der Waals surface area contributed by atoms with Crippen LogP contribution in [0.5, 0.6) is 5.75 Å². The van der Waals surface area contributed by atoms with Crippen molar-refractivity contribution in [3.05, 3.63) is 74.7 Å². The minimum atomic E-state index is -0.780. The Labute approximate surface area is 190 Å². The first kappa shape index (κ1) is 22.8. The van der Waals surface area contributed by atoms with Crippen LogP contribution in [0.15, 0.2) is 47.8 Å². The van der Waals surface area contributed by atoms with Crippen LogP contribution in [-0.2, 0) is 27.4 Å². The van der Waals surface area contributed by atoms with Gasteiger partial charge in [-0.15, -0.1) is 11.3 Å². The van der Waals surface area contributed by atoms with Crippen LogP contribution in [0.25, 0.3) is 0 Å². The van der Waals surface area contributed by atoms with Crippen molar-refractivity contribution in [2.45, 2.75) is 39.9 Å². The van der Waals surface area contributed by atoms with E-state index in [9.17, 15) is 9.59 Å². The number of thiazole rings is 1. The highest BCUT2D eigenvalue weighted by Gasteiger charge is 2.18. The van der Waals surface area contributed by atoms with Crippen LogP contribution in [0.1, 0.15) is 28.8 Å². The quantitative estimate of drug-likeness (QED) is 0.475. The van der Waals surface area contributed by atoms with Gasteiger partial charge in [-0.25, -0.2) is 9.78 Å². The summed E-state index contributed by atoms with van der Waals surface area (Å²) < 4.78 is 11.0. The maximum Gasteiger partial charge on any atom is 0.347 e. The summed E-state index contributed by atoms with van der Waals surface area (Å²) in [5, 5.41) is 5.91. The molecule has 8 heteroatoms. The molecule has 0 radical (unpaired) electrons. The zero-order valence-electron chi connectivity index (χ0n) is 17.5. The van der Waals surface area contributed by atoms with Crippen molar-refractivity contribution in [3.63, 3.8) is 0 Å². The normalized spacial score (nSPS) is 11.6. The van der Waals surface area contributed by atoms with E-state index in [0.29, 0.717) is 21.5 Å². The number of anilines is 1. The van der Waals surface area contributed by atoms with Crippen molar-refractivity contribution < 1.29 is 19.1 Å². The third-order valence-electron chi connectivity index (χ3n) is 4.47. The van der Waals surface area contributed by atoms with Gasteiger partial charge >= 0.3 is 5.97 Å². The van der Waals surface area contributed by atoms with Gasteiger partial charge in [0.05, 0.1) is 12.1 Å². The summed E-state index contributed by atoms with van der Waals surface area (Å²) in [6.45, 7) is 5.43. The first-order valence-corrected chi connectivity index (χ1v) is 11.0. The zero-order valence-corrected chi connectivity index (χ0v) is 19.0. The maximum absolute atomic E-state index is 12.3. The molecule has 3 aromatic rings. The van der Waals surface area contributed by atoms with Crippen LogP contribution >= 0.6 is 22.9 Å². The number of aromatic nitrogens is 1. The second-order valence-corrected chi connectivity index (χ2v) is 8.43. The van der Waals surface area contributed by atoms with Crippen molar-refractivity contribution in [3.8, 4) is 5.75 Å². The average molecular weight is 459 g/mol. The number of rotatable bonds is 8. The standard InChI is InChI=1S/C23H23ClN2O4S/c1-14-6-4-5-7-19(14)26-21(27)11-22-25-18(13-31-22)12-29-23(28)16(3)30-20-9-8-17(24)10-15(20)2/h4-10,13,16H,11-12H2,1-3H3,(H,26,27). The first-order valence-electron chi connectivity index (χ1n) is 9.70. The van der Waals surface area contributed by atoms with Gasteiger partial charge in [0.1, 0.15) is 17.4 Å². The van der Waals surface area contributed by atoms with Crippen LogP contribution in [0, 0.1) is 13.8 Å². The van der Waals surface area contributed by atoms with E-state index in [1.807, 2.05) is 38.1 Å². The Morgan fingerprint density at radius 1 is 1.16 bits per heavy atom. The summed E-state index contributed by atoms with van der Waals surface area (Å²) in [6, 6.07) is 12.8. The molecule has 0 saturated carbocycles. The molecule has 1 aromatic heterocycles. The molecule has 6 nitrogen and oxygen atoms in total. The molecule has 0 bridgehead atoms. The van der Waals surface area contributed by atoms with Gasteiger partial charge in [0.25, 0.3) is 0 Å². The van der Waals surface area contributed by atoms with E-state index < -0.39 is 12.1 Å². The number of esters is 1. The number of nitrogens with zero attached hydrogens (tertiary/aromatic N) is 1. The second-order valence-electron chi connectivity index (χ2n) is 7.05. The van der Waals surface area contributed by atoms with Crippen LogP contribution in [0.2, 0.25) is 5.02 Å². The SMILES string of the molecule is Cc1ccccc1NC(=O)Cc1nc(COC(=O)C(C)Oc2ccc(Cl)cc2C)cs1. The van der Waals surface area contributed by atoms with Crippen LogP contribution in [-0.4, -0.2) is 23.0 Å². The number of halogens is 1. The molecule has 0 spiro atoms. The molecule has 1 unspecified atom stereocenters. The number of hydrogen-bond acceptors (Lipinski definition) is 6. The van der Waals surface area contributed by atoms with Crippen LogP contribution in [0.4, 0.5) is 5.69 Å². The van der Waals surface area contributed by atoms with E-state index in [0.717, 1.165) is 16.8 Å². The van der Waals surface area contributed by atoms with Gasteiger partial charge in [0.15, 0.2) is 6.10 Å². The molecule has 1 N–H and O–H groups in total. The van der Waals surface area contributed by atoms with Gasteiger partial charge in [-0.1, -0.05) is 29.8 Å². The Kier molecular flexibility index (Phi) is 7.65. The van der Waals surface area contributed by atoms with E-state index in [4.69, 9.17) is 21.1 Å². The lowest BCUT2D eigenvalue weighted by molar-refractivity contribution is -0.152. The minimum absolute atomic E-state index is 0.0159. The molecular weight excluding hydrogens is 436 g/mol. The fourth-order valence-electron chi connectivity index (χ4n) is 2.79. The predicted molar refractivity (Wildman–Crippen MR) is 122 cm³/mol. The van der Waals surface area contributed by atoms with Gasteiger partial charge in [0.2, 0.25) is 5.91 Å². The van der Waals surface area contributed by atoms with Gasteiger partial charge in [-0.2, -0.15) is 0 Å². The number of carbonyl (C=O) groups excluding carboxylic acids is 2. The number of ether oxygens (including phenoxy) is 2. The third-order valence-corrected chi connectivity index (χ3v) is 5.60. The van der Waals surface area contributed by atoms with Crippen LogP contribution < -0.4 is 10.1 Å². The predicted octanol–water partition coefficient (Wildman–Crippen LogP) is 5.11. The molecule has 0 aliphatic carbocycles. The lowest BCUT2D eigenvalue weighted by atomic mass is 10.2. The summed E-state index contributed by atoms with van der Waals surface area (Å²) in [6.07, 6.45) is -0.625. The summed E-state index contributed by atoms with van der Waals surface area (Å²) in [5.41, 5.74) is 3.20. The Morgan fingerprint density at radius 3 is 2.68 bits per heavy atom. The van der Waals surface area contributed by atoms with Crippen molar-refractivity contribution in [1.82, 2.24) is 4.98 Å². The zero-order chi connectivity index (χ0) is 22.4. The highest BCUT2D eigenvalue weighted by Crippen LogP contribution is 2.23. The van der Waals surface area contributed by atoms with E-state index in [1.165, 1.54) is 11.3 Å². The average Bonchev–Trinajstić information content (AvgIpc) is 3.17. The van der Waals surface area contributed by atoms with Gasteiger partial charge < -0.3 is 14.8 Å². The van der Waals surface area contributed by atoms with Gasteiger partial charge in [0, 0.05) is 16.1 Å². The maximum atomic E-state index is 12.3. The number of hydrogen-bond donors (Lipinski definition) is 1. The largest absolute Gasteiger partial charge is 0.479 e. The molecule has 2 aromatic carbocycles. The molecule has 0 fully saturated rings. The second kappa shape index (κ2) is 10.4. The van der Waals surface area contributed by atoms with Crippen LogP contribution in [0.3, 0.4) is 0 Å². The number of benzene rings is 2. The van der Waals surface area contributed by atoms with Crippen molar-refractivity contribution >= 4 is 40.5 Å². The fourth-order valence-corrected chi connectivity index (χ4v) is 3.79. The fraction of sp³-hybridized carbons (Fsp3) is 0.261. The summed E-state index contributed by atoms with van der Waals surface area (Å²) >= 11 is 7.29. The molecule has 1 amide bonds. The number of amides is 1. The Hall–Kier alpha value is -2.90. The molecule has 0 saturated heterocycles. The molecule has 0 aliphatic rings. The number of carbonyl (C=O) groups is 2. The molecule has 1 atom stereocenters. The Bertz CT molecular complexity index is 1080. The number of nitrogens with one attached hydrogen (secondary N) is 1. The highest BCUT2D eigenvalue weighted by atomic mass is 35.5. The molecule has 31 heavy (non-hydrogen) atoms. The third kappa shape index (κ3) is 6.54. The van der Waals surface area contributed by atoms with Crippen molar-refractivity contribution in [1.29, 1.82) is 0 Å². The number of aryl methyl sites for hydroxylation is 2. The lowest BCUT2D eigenvalue weighted by Gasteiger charge is -2.15. The van der Waals surface area contributed by atoms with E-state index >= 15 is 0 Å². The molecule has 1 heterocycles. The van der Waals surface area contributed by atoms with Gasteiger partial charge in [-0.05, 0) is 56.2 Å². The van der Waals surface area contributed by atoms with Gasteiger partial charge in [-0.3, -0.25) is 4.79 Å². The van der Waals surface area contributed by atoms with E-state index in [2.05, 4.69) is 10.3 Å². The first-order chi connectivity index (χ1) is 14.8. The van der Waals surface area contributed by atoms with E-state index in [-0.39, 0.29) is 18.9 Å². The molecule has 3 rings (SSSR count). The molecule has 0 aliphatic heterocycles. The molecular formula is C23H23ClN2O4S. The lowest BCUT2D eigenvalue weighted by Crippen LogP contribution is -2.26. The minimum Gasteiger partial charge on any atom is -0.479 e. The van der Waals surface area contributed by atoms with Crippen molar-refractivity contribution in [2.24, 2.45) is 0 Å². The highest BCUT2D eigenvalue weighted by molar-refractivity contribution is 7.09. The summed E-state index contributed by atoms with van der Waals surface area (Å²) in [4.78, 5) is 28.9. The number of para-hydroxylation sites is 1. The molecule has 162 valence electrons. The smallest absolute Gasteiger partial charge is 0.347 e. The summed E-state index contributed by atoms with van der Waals surface area (Å²) in [7, 11) is 0. The Balaban J connectivity index is 1.48. The topological polar surface area (TPSA) is 77.5 Å². The van der Waals surface area contributed by atoms with E-state index in [1.54, 1.807) is 30.5 Å². The monoisotopic (exact) mass is 458 g/mol. The van der Waals surface area contributed by atoms with Crippen molar-refractivity contribution in [2.75, 3.05) is 5.32 Å².